The van der Waals surface area contributed by atoms with Gasteiger partial charge in [0.05, 0.1) is 24.9 Å². The molecule has 0 saturated heterocycles. The van der Waals surface area contributed by atoms with Crippen molar-refractivity contribution in [3.63, 3.8) is 0 Å². The molecule has 6 heteroatoms. The van der Waals surface area contributed by atoms with Crippen molar-refractivity contribution in [2.24, 2.45) is 0 Å². The molecule has 2 aromatic rings. The van der Waals surface area contributed by atoms with Crippen LogP contribution in [0, 0.1) is 0 Å². The third-order valence-electron chi connectivity index (χ3n) is 3.94. The molecule has 0 aliphatic heterocycles. The van der Waals surface area contributed by atoms with Crippen molar-refractivity contribution in [3.05, 3.63) is 47.0 Å². The Bertz CT molecular complexity index is 776. The number of carbonyl (C=O) groups excluding carboxylic acids is 1. The smallest absolute Gasteiger partial charge is 0.265 e. The maximum atomic E-state index is 12.5. The fourth-order valence-electron chi connectivity index (χ4n) is 2.40. The van der Waals surface area contributed by atoms with E-state index in [0.29, 0.717) is 33.9 Å². The van der Waals surface area contributed by atoms with Crippen LogP contribution in [-0.4, -0.2) is 26.2 Å². The van der Waals surface area contributed by atoms with Gasteiger partial charge in [0.15, 0.2) is 6.10 Å². The van der Waals surface area contributed by atoms with Gasteiger partial charge in [-0.05, 0) is 30.5 Å². The minimum Gasteiger partial charge on any atom is -0.495 e. The summed E-state index contributed by atoms with van der Waals surface area (Å²) in [5.41, 5.74) is 1.62. The molecule has 1 amide bonds. The first-order chi connectivity index (χ1) is 12.3. The lowest BCUT2D eigenvalue weighted by Crippen LogP contribution is -2.30. The number of hydrogen-bond donors (Lipinski definition) is 1. The van der Waals surface area contributed by atoms with E-state index in [2.05, 4.69) is 19.2 Å². The van der Waals surface area contributed by atoms with Gasteiger partial charge in [-0.25, -0.2) is 0 Å². The summed E-state index contributed by atoms with van der Waals surface area (Å²) in [7, 11) is 3.01. The number of halogens is 1. The van der Waals surface area contributed by atoms with Gasteiger partial charge in [-0.1, -0.05) is 37.6 Å². The van der Waals surface area contributed by atoms with Crippen LogP contribution in [0.2, 0.25) is 5.02 Å². The average molecular weight is 378 g/mol. The normalized spacial score (nSPS) is 11.8. The molecule has 5 nitrogen and oxygen atoms in total. The summed E-state index contributed by atoms with van der Waals surface area (Å²) in [6.07, 6.45) is -0.691. The second kappa shape index (κ2) is 8.81. The number of hydrogen-bond acceptors (Lipinski definition) is 4. The summed E-state index contributed by atoms with van der Waals surface area (Å²) in [5.74, 6) is 1.62. The molecule has 0 aromatic heterocycles. The van der Waals surface area contributed by atoms with E-state index in [4.69, 9.17) is 25.8 Å². The van der Waals surface area contributed by atoms with Crippen LogP contribution in [0.4, 0.5) is 5.69 Å². The highest BCUT2D eigenvalue weighted by atomic mass is 35.5. The Morgan fingerprint density at radius 2 is 1.73 bits per heavy atom. The lowest BCUT2D eigenvalue weighted by atomic mass is 10.0. The predicted octanol–water partition coefficient (Wildman–Crippen LogP) is 4.89. The summed E-state index contributed by atoms with van der Waals surface area (Å²) in [5, 5.41) is 3.19. The fourth-order valence-corrected chi connectivity index (χ4v) is 2.63. The number of methoxy groups -OCH3 is 2. The van der Waals surface area contributed by atoms with E-state index < -0.39 is 6.10 Å². The van der Waals surface area contributed by atoms with E-state index in [-0.39, 0.29) is 5.91 Å². The molecule has 26 heavy (non-hydrogen) atoms. The van der Waals surface area contributed by atoms with E-state index in [1.54, 1.807) is 19.1 Å². The Hall–Kier alpha value is -2.40. The number of anilines is 1. The molecule has 0 spiro atoms. The molecule has 0 bridgehead atoms. The monoisotopic (exact) mass is 377 g/mol. The Balaban J connectivity index is 2.13. The van der Waals surface area contributed by atoms with Crippen LogP contribution in [0.25, 0.3) is 0 Å². The van der Waals surface area contributed by atoms with Crippen molar-refractivity contribution in [1.82, 2.24) is 0 Å². The van der Waals surface area contributed by atoms with Crippen molar-refractivity contribution in [3.8, 4) is 17.2 Å². The molecule has 2 aromatic carbocycles. The first kappa shape index (κ1) is 19.9. The molecule has 1 atom stereocenters. The fraction of sp³-hybridized carbons (Fsp3) is 0.350. The van der Waals surface area contributed by atoms with E-state index in [9.17, 15) is 4.79 Å². The molecule has 0 heterocycles. The number of rotatable bonds is 7. The van der Waals surface area contributed by atoms with Crippen molar-refractivity contribution in [2.75, 3.05) is 19.5 Å². The molecule has 0 aliphatic carbocycles. The Morgan fingerprint density at radius 1 is 1.04 bits per heavy atom. The third-order valence-corrected chi connectivity index (χ3v) is 4.23. The number of nitrogens with one attached hydrogen (secondary N) is 1. The van der Waals surface area contributed by atoms with Gasteiger partial charge < -0.3 is 19.5 Å². The second-order valence-corrected chi connectivity index (χ2v) is 6.57. The topological polar surface area (TPSA) is 56.8 Å². The molecule has 1 N–H and O–H groups in total. The summed E-state index contributed by atoms with van der Waals surface area (Å²) < 4.78 is 16.2. The van der Waals surface area contributed by atoms with Crippen LogP contribution in [0.3, 0.4) is 0 Å². The van der Waals surface area contributed by atoms with Crippen molar-refractivity contribution >= 4 is 23.2 Å². The maximum Gasteiger partial charge on any atom is 0.265 e. The average Bonchev–Trinajstić information content (AvgIpc) is 2.62. The Morgan fingerprint density at radius 3 is 2.35 bits per heavy atom. The Labute approximate surface area is 159 Å². The zero-order valence-corrected chi connectivity index (χ0v) is 16.4. The highest BCUT2D eigenvalue weighted by Crippen LogP contribution is 2.36. The van der Waals surface area contributed by atoms with Gasteiger partial charge in [0.25, 0.3) is 5.91 Å². The molecule has 0 saturated carbocycles. The third kappa shape index (κ3) is 4.82. The zero-order valence-electron chi connectivity index (χ0n) is 15.6. The highest BCUT2D eigenvalue weighted by Gasteiger charge is 2.18. The standard InChI is InChI=1S/C20H24ClNO4/c1-12(2)14-7-6-8-15(9-14)26-13(3)20(23)22-17-11-18(24-4)16(21)10-19(17)25-5/h6-13H,1-5H3,(H,22,23). The van der Waals surface area contributed by atoms with Crippen LogP contribution in [-0.2, 0) is 4.79 Å². The first-order valence-electron chi connectivity index (χ1n) is 8.34. The summed E-state index contributed by atoms with van der Waals surface area (Å²) in [6.45, 7) is 5.90. The minimum atomic E-state index is -0.691. The molecule has 0 fully saturated rings. The van der Waals surface area contributed by atoms with Crippen LogP contribution in [0.5, 0.6) is 17.2 Å². The van der Waals surface area contributed by atoms with Crippen molar-refractivity contribution in [1.29, 1.82) is 0 Å². The predicted molar refractivity (Wildman–Crippen MR) is 104 cm³/mol. The van der Waals surface area contributed by atoms with E-state index >= 15 is 0 Å². The molecular weight excluding hydrogens is 354 g/mol. The number of benzene rings is 2. The van der Waals surface area contributed by atoms with Crippen molar-refractivity contribution < 1.29 is 19.0 Å². The van der Waals surface area contributed by atoms with Gasteiger partial charge in [0.2, 0.25) is 0 Å². The number of ether oxygens (including phenoxy) is 3. The molecule has 0 aliphatic rings. The summed E-state index contributed by atoms with van der Waals surface area (Å²) in [6, 6.07) is 10.9. The van der Waals surface area contributed by atoms with E-state index in [0.717, 1.165) is 5.56 Å². The largest absolute Gasteiger partial charge is 0.495 e. The second-order valence-electron chi connectivity index (χ2n) is 6.16. The number of amides is 1. The van der Waals surface area contributed by atoms with Crippen LogP contribution >= 0.6 is 11.6 Å². The highest BCUT2D eigenvalue weighted by molar-refractivity contribution is 6.32. The summed E-state index contributed by atoms with van der Waals surface area (Å²) in [4.78, 5) is 12.5. The van der Waals surface area contributed by atoms with Crippen LogP contribution in [0.1, 0.15) is 32.3 Å². The van der Waals surface area contributed by atoms with E-state index in [1.165, 1.54) is 14.2 Å². The lowest BCUT2D eigenvalue weighted by molar-refractivity contribution is -0.122. The quantitative estimate of drug-likeness (QED) is 0.746. The SMILES string of the molecule is COc1cc(NC(=O)C(C)Oc2cccc(C(C)C)c2)c(OC)cc1Cl. The lowest BCUT2D eigenvalue weighted by Gasteiger charge is -2.18. The molecule has 140 valence electrons. The van der Waals surface area contributed by atoms with Crippen molar-refractivity contribution in [2.45, 2.75) is 32.8 Å². The van der Waals surface area contributed by atoms with Gasteiger partial charge in [-0.2, -0.15) is 0 Å². The summed E-state index contributed by atoms with van der Waals surface area (Å²) >= 11 is 6.08. The van der Waals surface area contributed by atoms with Crippen LogP contribution < -0.4 is 19.5 Å². The maximum absolute atomic E-state index is 12.5. The van der Waals surface area contributed by atoms with Gasteiger partial charge in [-0.15, -0.1) is 0 Å². The molecule has 1 unspecified atom stereocenters. The molecule has 0 radical (unpaired) electrons. The number of carbonyl (C=O) groups is 1. The Kier molecular flexibility index (Phi) is 6.75. The first-order valence-corrected chi connectivity index (χ1v) is 8.72. The van der Waals surface area contributed by atoms with Gasteiger partial charge in [0.1, 0.15) is 17.2 Å². The van der Waals surface area contributed by atoms with Gasteiger partial charge in [-0.3, -0.25) is 4.79 Å². The molecular formula is C20H24ClNO4. The van der Waals surface area contributed by atoms with Gasteiger partial charge >= 0.3 is 0 Å². The molecule has 2 rings (SSSR count). The van der Waals surface area contributed by atoms with Crippen LogP contribution in [0.15, 0.2) is 36.4 Å². The van der Waals surface area contributed by atoms with Gasteiger partial charge in [0, 0.05) is 12.1 Å². The zero-order chi connectivity index (χ0) is 19.3. The van der Waals surface area contributed by atoms with E-state index in [1.807, 2.05) is 24.3 Å². The minimum absolute atomic E-state index is 0.303.